The number of Topliss-reactive ketones (excluding diaryl/α,β-unsaturated/α-hetero) is 1. The molecule has 26 heavy (non-hydrogen) atoms. The monoisotopic (exact) mass is 364 g/mol. The van der Waals surface area contributed by atoms with Gasteiger partial charge in [-0.3, -0.25) is 9.59 Å². The van der Waals surface area contributed by atoms with Gasteiger partial charge in [0, 0.05) is 23.9 Å². The average Bonchev–Trinajstić information content (AvgIpc) is 2.97. The summed E-state index contributed by atoms with van der Waals surface area (Å²) in [6, 6.07) is 2.14. The second-order valence-electron chi connectivity index (χ2n) is 7.77. The van der Waals surface area contributed by atoms with Crippen LogP contribution in [0.2, 0.25) is 0 Å². The number of benzene rings is 1. The van der Waals surface area contributed by atoms with Gasteiger partial charge in [-0.1, -0.05) is 13.8 Å². The Morgan fingerprint density at radius 2 is 2.00 bits per heavy atom. The van der Waals surface area contributed by atoms with E-state index in [1.165, 1.54) is 13.2 Å². The van der Waals surface area contributed by atoms with Crippen molar-refractivity contribution in [2.24, 2.45) is 16.6 Å². The van der Waals surface area contributed by atoms with E-state index < -0.39 is 28.7 Å². The number of carbonyl (C=O) groups is 2. The number of halogens is 2. The number of hydrogen-bond donors (Lipinski definition) is 1. The van der Waals surface area contributed by atoms with Crippen LogP contribution in [0.4, 0.5) is 8.78 Å². The minimum absolute atomic E-state index is 0.0217. The van der Waals surface area contributed by atoms with E-state index in [0.717, 1.165) is 6.07 Å². The van der Waals surface area contributed by atoms with Gasteiger partial charge in [0.1, 0.15) is 0 Å². The van der Waals surface area contributed by atoms with Crippen LogP contribution in [0.15, 0.2) is 23.9 Å². The molecule has 140 valence electrons. The van der Waals surface area contributed by atoms with Gasteiger partial charge >= 0.3 is 0 Å². The summed E-state index contributed by atoms with van der Waals surface area (Å²) in [7, 11) is 1.19. The number of rotatable bonds is 2. The predicted octanol–water partition coefficient (Wildman–Crippen LogP) is 2.65. The summed E-state index contributed by atoms with van der Waals surface area (Å²) < 4.78 is 32.2. The molecular weight excluding hydrogens is 342 g/mol. The van der Waals surface area contributed by atoms with Gasteiger partial charge in [-0.2, -0.15) is 4.39 Å². The lowest BCUT2D eigenvalue weighted by Gasteiger charge is -2.39. The van der Waals surface area contributed by atoms with Crippen LogP contribution in [-0.2, 0) is 4.79 Å². The average molecular weight is 364 g/mol. The molecule has 1 spiro atoms. The van der Waals surface area contributed by atoms with Gasteiger partial charge in [-0.05, 0) is 31.1 Å². The fraction of sp³-hybridized carbons (Fsp3) is 0.474. The van der Waals surface area contributed by atoms with E-state index in [4.69, 9.17) is 10.5 Å². The van der Waals surface area contributed by atoms with Crippen LogP contribution >= 0.6 is 0 Å². The minimum Gasteiger partial charge on any atom is -0.493 e. The Labute approximate surface area is 150 Å². The molecule has 1 aromatic carbocycles. The summed E-state index contributed by atoms with van der Waals surface area (Å²) in [6.07, 6.45) is 3.00. The summed E-state index contributed by atoms with van der Waals surface area (Å²) in [6.45, 7) is 4.50. The third-order valence-corrected chi connectivity index (χ3v) is 5.29. The number of hydrogen-bond acceptors (Lipinski definition) is 4. The van der Waals surface area contributed by atoms with Crippen molar-refractivity contribution < 1.29 is 23.1 Å². The quantitative estimate of drug-likeness (QED) is 0.876. The SMILES string of the molecule is COc1c(C(=O)N2CC[C@]3(C=C(N)C(=O)C(C)(C)C3)C2)ccc(F)c1F. The number of amides is 1. The maximum atomic E-state index is 13.9. The minimum atomic E-state index is -1.18. The molecule has 1 aliphatic carbocycles. The van der Waals surface area contributed by atoms with Crippen molar-refractivity contribution in [3.63, 3.8) is 0 Å². The Morgan fingerprint density at radius 1 is 1.31 bits per heavy atom. The van der Waals surface area contributed by atoms with Gasteiger partial charge in [0.25, 0.3) is 5.91 Å². The summed E-state index contributed by atoms with van der Waals surface area (Å²) in [5, 5.41) is 0. The van der Waals surface area contributed by atoms with Crippen molar-refractivity contribution in [3.05, 3.63) is 41.1 Å². The molecule has 1 atom stereocenters. The topological polar surface area (TPSA) is 72.6 Å². The molecule has 0 unspecified atom stereocenters. The second kappa shape index (κ2) is 6.07. The molecule has 1 saturated heterocycles. The molecule has 0 bridgehead atoms. The molecule has 2 N–H and O–H groups in total. The number of carbonyl (C=O) groups excluding carboxylic acids is 2. The van der Waals surface area contributed by atoms with E-state index in [2.05, 4.69) is 0 Å². The van der Waals surface area contributed by atoms with E-state index in [9.17, 15) is 18.4 Å². The predicted molar refractivity (Wildman–Crippen MR) is 91.5 cm³/mol. The number of allylic oxidation sites excluding steroid dienone is 1. The highest BCUT2D eigenvalue weighted by atomic mass is 19.2. The molecule has 0 radical (unpaired) electrons. The highest BCUT2D eigenvalue weighted by Crippen LogP contribution is 2.47. The van der Waals surface area contributed by atoms with Crippen molar-refractivity contribution in [3.8, 4) is 5.75 Å². The smallest absolute Gasteiger partial charge is 0.257 e. The van der Waals surface area contributed by atoms with Crippen LogP contribution in [0.1, 0.15) is 37.0 Å². The van der Waals surface area contributed by atoms with E-state index in [1.807, 2.05) is 13.8 Å². The molecule has 3 rings (SSSR count). The zero-order valence-corrected chi connectivity index (χ0v) is 15.1. The molecule has 5 nitrogen and oxygen atoms in total. The van der Waals surface area contributed by atoms with Crippen molar-refractivity contribution in [2.75, 3.05) is 20.2 Å². The van der Waals surface area contributed by atoms with E-state index >= 15 is 0 Å². The van der Waals surface area contributed by atoms with Crippen molar-refractivity contribution in [1.82, 2.24) is 4.90 Å². The third-order valence-electron chi connectivity index (χ3n) is 5.29. The van der Waals surface area contributed by atoms with Gasteiger partial charge in [0.05, 0.1) is 18.4 Å². The Kier molecular flexibility index (Phi) is 4.29. The summed E-state index contributed by atoms with van der Waals surface area (Å²) >= 11 is 0. The van der Waals surface area contributed by atoms with Crippen LogP contribution in [0.5, 0.6) is 5.75 Å². The first-order chi connectivity index (χ1) is 12.1. The maximum absolute atomic E-state index is 13.9. The Hall–Kier alpha value is -2.44. The second-order valence-corrected chi connectivity index (χ2v) is 7.77. The van der Waals surface area contributed by atoms with E-state index in [1.54, 1.807) is 11.0 Å². The lowest BCUT2D eigenvalue weighted by atomic mass is 9.65. The number of ether oxygens (including phenoxy) is 1. The standard InChI is InChI=1S/C19H22F2N2O3/c1-18(2)9-19(8-13(22)16(18)24)6-7-23(10-19)17(25)11-4-5-12(20)14(21)15(11)26-3/h4-5,8H,6-7,9-10,22H2,1-3H3/t19-/m1/s1. The van der Waals surface area contributed by atoms with E-state index in [-0.39, 0.29) is 22.5 Å². The summed E-state index contributed by atoms with van der Waals surface area (Å²) in [4.78, 5) is 26.6. The summed E-state index contributed by atoms with van der Waals surface area (Å²) in [5.74, 6) is -3.17. The first kappa shape index (κ1) is 18.4. The highest BCUT2D eigenvalue weighted by molar-refractivity contribution is 6.00. The van der Waals surface area contributed by atoms with Crippen LogP contribution in [0, 0.1) is 22.5 Å². The molecule has 2 aliphatic rings. The molecule has 1 aromatic rings. The largest absolute Gasteiger partial charge is 0.493 e. The molecular formula is C19H22F2N2O3. The Bertz CT molecular complexity index is 819. The Morgan fingerprint density at radius 3 is 2.62 bits per heavy atom. The van der Waals surface area contributed by atoms with Crippen LogP contribution in [0.3, 0.4) is 0 Å². The number of nitrogens with two attached hydrogens (primary N) is 1. The van der Waals surface area contributed by atoms with Crippen LogP contribution < -0.4 is 10.5 Å². The molecule has 0 saturated carbocycles. The van der Waals surface area contributed by atoms with Gasteiger partial charge in [-0.15, -0.1) is 0 Å². The van der Waals surface area contributed by atoms with Gasteiger partial charge in [0.2, 0.25) is 5.82 Å². The number of methoxy groups -OCH3 is 1. The first-order valence-electron chi connectivity index (χ1n) is 8.45. The van der Waals surface area contributed by atoms with Gasteiger partial charge < -0.3 is 15.4 Å². The van der Waals surface area contributed by atoms with Crippen molar-refractivity contribution in [1.29, 1.82) is 0 Å². The van der Waals surface area contributed by atoms with Crippen molar-refractivity contribution in [2.45, 2.75) is 26.7 Å². The zero-order valence-electron chi connectivity index (χ0n) is 15.1. The van der Waals surface area contributed by atoms with Gasteiger partial charge in [-0.25, -0.2) is 4.39 Å². The van der Waals surface area contributed by atoms with E-state index in [0.29, 0.717) is 25.9 Å². The number of ketones is 1. The number of nitrogens with zero attached hydrogens (tertiary/aromatic N) is 1. The maximum Gasteiger partial charge on any atom is 0.257 e. The molecule has 1 aliphatic heterocycles. The number of likely N-dealkylation sites (tertiary alicyclic amines) is 1. The first-order valence-corrected chi connectivity index (χ1v) is 8.45. The summed E-state index contributed by atoms with van der Waals surface area (Å²) in [5.41, 5.74) is 5.14. The zero-order chi connectivity index (χ0) is 19.3. The van der Waals surface area contributed by atoms with Crippen LogP contribution in [-0.4, -0.2) is 36.8 Å². The molecule has 7 heteroatoms. The van der Waals surface area contributed by atoms with Gasteiger partial charge in [0.15, 0.2) is 17.3 Å². The fourth-order valence-corrected chi connectivity index (χ4v) is 4.20. The Balaban J connectivity index is 1.89. The molecule has 1 fully saturated rings. The molecule has 1 heterocycles. The third kappa shape index (κ3) is 2.85. The lowest BCUT2D eigenvalue weighted by molar-refractivity contribution is -0.125. The highest BCUT2D eigenvalue weighted by Gasteiger charge is 2.48. The van der Waals surface area contributed by atoms with Crippen LogP contribution in [0.25, 0.3) is 0 Å². The van der Waals surface area contributed by atoms with Crippen molar-refractivity contribution >= 4 is 11.7 Å². The lowest BCUT2D eigenvalue weighted by Crippen LogP contribution is -2.42. The molecule has 1 amide bonds. The molecule has 0 aromatic heterocycles. The normalized spacial score (nSPS) is 24.7. The fourth-order valence-electron chi connectivity index (χ4n) is 4.20.